The number of rotatable bonds is 6. The first-order valence-corrected chi connectivity index (χ1v) is 11.3. The Morgan fingerprint density at radius 1 is 1.31 bits per heavy atom. The van der Waals surface area contributed by atoms with Crippen LogP contribution in [0.2, 0.25) is 5.02 Å². The number of sulfonamides is 1. The molecule has 2 aromatic rings. The van der Waals surface area contributed by atoms with Crippen molar-refractivity contribution in [3.05, 3.63) is 52.5 Å². The van der Waals surface area contributed by atoms with Crippen LogP contribution in [-0.2, 0) is 14.8 Å². The molecule has 1 atom stereocenters. The first-order valence-electron chi connectivity index (χ1n) is 9.07. The molecule has 0 spiro atoms. The zero-order valence-corrected chi connectivity index (χ0v) is 18.0. The van der Waals surface area contributed by atoms with Crippen LogP contribution in [0.15, 0.2) is 36.4 Å². The van der Waals surface area contributed by atoms with Gasteiger partial charge in [-0.15, -0.1) is 0 Å². The lowest BCUT2D eigenvalue weighted by atomic mass is 10.1. The molecule has 29 heavy (non-hydrogen) atoms. The largest absolute Gasteiger partial charge is 0.491 e. The molecule has 0 saturated carbocycles. The molecule has 1 aliphatic rings. The summed E-state index contributed by atoms with van der Waals surface area (Å²) < 4.78 is 36.9. The monoisotopic (exact) mass is 438 g/mol. The van der Waals surface area contributed by atoms with Gasteiger partial charge in [-0.05, 0) is 49.2 Å². The maximum Gasteiger partial charge on any atom is 0.263 e. The molecule has 9 heteroatoms. The topological polar surface area (TPSA) is 84.9 Å². The molecule has 0 saturated heterocycles. The molecule has 156 valence electrons. The summed E-state index contributed by atoms with van der Waals surface area (Å²) in [6.45, 7) is 4.39. The van der Waals surface area contributed by atoms with Crippen LogP contribution < -0.4 is 19.1 Å². The van der Waals surface area contributed by atoms with Gasteiger partial charge in [0.15, 0.2) is 6.10 Å². The van der Waals surface area contributed by atoms with Crippen LogP contribution in [0.25, 0.3) is 0 Å². The van der Waals surface area contributed by atoms with Crippen LogP contribution in [0.3, 0.4) is 0 Å². The van der Waals surface area contributed by atoms with Crippen molar-refractivity contribution in [1.82, 2.24) is 5.32 Å². The van der Waals surface area contributed by atoms with Gasteiger partial charge in [-0.1, -0.05) is 23.7 Å². The van der Waals surface area contributed by atoms with E-state index in [4.69, 9.17) is 21.1 Å². The van der Waals surface area contributed by atoms with Gasteiger partial charge < -0.3 is 14.8 Å². The lowest BCUT2D eigenvalue weighted by Gasteiger charge is -2.34. The number of fused-ring (bicyclic) bond motifs is 1. The second-order valence-electron chi connectivity index (χ2n) is 6.85. The Balaban J connectivity index is 1.62. The highest BCUT2D eigenvalue weighted by Gasteiger charge is 2.35. The molecule has 1 N–H and O–H groups in total. The molecule has 0 aromatic heterocycles. The number of hydrogen-bond donors (Lipinski definition) is 1. The zero-order chi connectivity index (χ0) is 21.2. The van der Waals surface area contributed by atoms with E-state index in [1.54, 1.807) is 12.1 Å². The normalized spacial score (nSPS) is 16.0. The smallest absolute Gasteiger partial charge is 0.263 e. The number of nitrogens with zero attached hydrogens (tertiary/aromatic N) is 1. The molecule has 0 aliphatic carbocycles. The van der Waals surface area contributed by atoms with E-state index in [1.165, 1.54) is 6.07 Å². The Kier molecular flexibility index (Phi) is 6.24. The van der Waals surface area contributed by atoms with Crippen LogP contribution in [0.5, 0.6) is 11.5 Å². The van der Waals surface area contributed by atoms with E-state index in [0.717, 1.165) is 27.4 Å². The quantitative estimate of drug-likeness (QED) is 0.701. The average molecular weight is 439 g/mol. The summed E-state index contributed by atoms with van der Waals surface area (Å²) in [5.74, 6) is 0.642. The first-order chi connectivity index (χ1) is 13.7. The molecule has 0 bridgehead atoms. The number of hydrogen-bond acceptors (Lipinski definition) is 5. The lowest BCUT2D eigenvalue weighted by Crippen LogP contribution is -2.51. The van der Waals surface area contributed by atoms with E-state index in [9.17, 15) is 13.2 Å². The van der Waals surface area contributed by atoms with Crippen molar-refractivity contribution in [1.29, 1.82) is 0 Å². The van der Waals surface area contributed by atoms with Gasteiger partial charge in [0.05, 0.1) is 25.0 Å². The van der Waals surface area contributed by atoms with Gasteiger partial charge in [0.25, 0.3) is 5.91 Å². The van der Waals surface area contributed by atoms with E-state index >= 15 is 0 Å². The van der Waals surface area contributed by atoms with Gasteiger partial charge in [-0.25, -0.2) is 8.42 Å². The number of anilines is 1. The highest BCUT2D eigenvalue weighted by Crippen LogP contribution is 2.37. The Bertz CT molecular complexity index is 1030. The molecular weight excluding hydrogens is 416 g/mol. The summed E-state index contributed by atoms with van der Waals surface area (Å²) >= 11 is 5.98. The fourth-order valence-electron chi connectivity index (χ4n) is 3.00. The third kappa shape index (κ3) is 4.94. The number of carbonyl (C=O) groups is 1. The summed E-state index contributed by atoms with van der Waals surface area (Å²) in [4.78, 5) is 12.5. The number of nitrogens with one attached hydrogen (secondary N) is 1. The van der Waals surface area contributed by atoms with Crippen LogP contribution in [0, 0.1) is 13.8 Å². The van der Waals surface area contributed by atoms with Crippen LogP contribution >= 0.6 is 11.6 Å². The molecule has 0 fully saturated rings. The molecule has 0 radical (unpaired) electrons. The fraction of sp³-hybridized carbons (Fsp3) is 0.350. The van der Waals surface area contributed by atoms with Gasteiger partial charge in [0, 0.05) is 5.02 Å². The standard InChI is InChI=1S/C20H23ClN2O5S/c1-13-5-4-6-17(14(13)2)27-10-9-22-20(24)19-12-23(29(3,25)26)16-11-15(21)7-8-18(16)28-19/h4-8,11,19H,9-10,12H2,1-3H3,(H,22,24). The molecule has 1 unspecified atom stereocenters. The maximum atomic E-state index is 12.5. The minimum absolute atomic E-state index is 0.129. The number of aryl methyl sites for hydroxylation is 1. The lowest BCUT2D eigenvalue weighted by molar-refractivity contribution is -0.127. The fourth-order valence-corrected chi connectivity index (χ4v) is 4.08. The van der Waals surface area contributed by atoms with E-state index in [-0.39, 0.29) is 25.4 Å². The maximum absolute atomic E-state index is 12.5. The number of halogens is 1. The van der Waals surface area contributed by atoms with Crippen molar-refractivity contribution in [3.63, 3.8) is 0 Å². The molecule has 1 aliphatic heterocycles. The molecule has 3 rings (SSSR count). The Morgan fingerprint density at radius 2 is 2.07 bits per heavy atom. The van der Waals surface area contributed by atoms with Gasteiger partial charge in [-0.3, -0.25) is 9.10 Å². The third-order valence-electron chi connectivity index (χ3n) is 4.70. The Morgan fingerprint density at radius 3 is 2.79 bits per heavy atom. The SMILES string of the molecule is Cc1cccc(OCCNC(=O)C2CN(S(C)(=O)=O)c3cc(Cl)ccc3O2)c1C. The highest BCUT2D eigenvalue weighted by atomic mass is 35.5. The van der Waals surface area contributed by atoms with Gasteiger partial charge in [-0.2, -0.15) is 0 Å². The number of carbonyl (C=O) groups excluding carboxylic acids is 1. The van der Waals surface area contributed by atoms with Gasteiger partial charge in [0.1, 0.15) is 18.1 Å². The van der Waals surface area contributed by atoms with Crippen molar-refractivity contribution in [2.45, 2.75) is 20.0 Å². The summed E-state index contributed by atoms with van der Waals surface area (Å²) in [7, 11) is -3.60. The molecule has 1 amide bonds. The molecule has 7 nitrogen and oxygen atoms in total. The van der Waals surface area contributed by atoms with Crippen molar-refractivity contribution in [3.8, 4) is 11.5 Å². The van der Waals surface area contributed by atoms with Gasteiger partial charge in [0.2, 0.25) is 10.0 Å². The Labute approximate surface area is 175 Å². The second-order valence-corrected chi connectivity index (χ2v) is 9.19. The molecule has 1 heterocycles. The van der Waals surface area contributed by atoms with Crippen molar-refractivity contribution in [2.24, 2.45) is 0 Å². The van der Waals surface area contributed by atoms with E-state index in [1.807, 2.05) is 32.0 Å². The summed E-state index contributed by atoms with van der Waals surface area (Å²) in [5, 5.41) is 3.12. The van der Waals surface area contributed by atoms with Crippen LogP contribution in [0.4, 0.5) is 5.69 Å². The van der Waals surface area contributed by atoms with Crippen LogP contribution in [-0.4, -0.2) is 46.4 Å². The summed E-state index contributed by atoms with van der Waals surface area (Å²) in [5.41, 5.74) is 2.50. The number of ether oxygens (including phenoxy) is 2. The predicted molar refractivity (Wildman–Crippen MR) is 112 cm³/mol. The summed E-state index contributed by atoms with van der Waals surface area (Å²) in [6.07, 6.45) is 0.106. The predicted octanol–water partition coefficient (Wildman–Crippen LogP) is 2.68. The van der Waals surface area contributed by atoms with Crippen molar-refractivity contribution < 1.29 is 22.7 Å². The van der Waals surface area contributed by atoms with Gasteiger partial charge >= 0.3 is 0 Å². The molecular formula is C20H23ClN2O5S. The highest BCUT2D eigenvalue weighted by molar-refractivity contribution is 7.92. The summed E-state index contributed by atoms with van der Waals surface area (Å²) in [6, 6.07) is 10.4. The van der Waals surface area contributed by atoms with E-state index < -0.39 is 22.0 Å². The second kappa shape index (κ2) is 8.51. The number of amides is 1. The number of benzene rings is 2. The zero-order valence-electron chi connectivity index (χ0n) is 16.4. The van der Waals surface area contributed by atoms with E-state index in [2.05, 4.69) is 5.32 Å². The van der Waals surface area contributed by atoms with E-state index in [0.29, 0.717) is 10.7 Å². The Hall–Kier alpha value is -2.45. The average Bonchev–Trinajstić information content (AvgIpc) is 2.66. The third-order valence-corrected chi connectivity index (χ3v) is 6.08. The van der Waals surface area contributed by atoms with Crippen molar-refractivity contribution in [2.75, 3.05) is 30.3 Å². The minimum atomic E-state index is -3.60. The van der Waals surface area contributed by atoms with Crippen LogP contribution in [0.1, 0.15) is 11.1 Å². The minimum Gasteiger partial charge on any atom is -0.491 e. The first kappa shape index (κ1) is 21.3. The molecule has 2 aromatic carbocycles. The van der Waals surface area contributed by atoms with Crippen molar-refractivity contribution >= 4 is 33.2 Å².